The van der Waals surface area contributed by atoms with Gasteiger partial charge in [0.15, 0.2) is 0 Å². The molecule has 0 saturated carbocycles. The number of nitrogens with one attached hydrogen (secondary N) is 1. The summed E-state index contributed by atoms with van der Waals surface area (Å²) >= 11 is 0. The lowest BCUT2D eigenvalue weighted by Crippen LogP contribution is -2.41. The van der Waals surface area contributed by atoms with Crippen LogP contribution >= 0.6 is 0 Å². The monoisotopic (exact) mass is 461 g/mol. The number of fused-ring (bicyclic) bond motifs is 1. The molecule has 32 heavy (non-hydrogen) atoms. The van der Waals surface area contributed by atoms with Crippen LogP contribution in [-0.4, -0.2) is 48.1 Å². The predicted molar refractivity (Wildman–Crippen MR) is 111 cm³/mol. The Balaban J connectivity index is 1.68. The van der Waals surface area contributed by atoms with E-state index in [9.17, 15) is 17.6 Å². The molecule has 0 unspecified atom stereocenters. The Hall–Kier alpha value is -3.54. The highest BCUT2D eigenvalue weighted by atomic mass is 32.2. The van der Waals surface area contributed by atoms with Gasteiger partial charge in [-0.3, -0.25) is 9.10 Å². The normalized spacial score (nSPS) is 13.9. The summed E-state index contributed by atoms with van der Waals surface area (Å²) in [7, 11) is -4.00. The summed E-state index contributed by atoms with van der Waals surface area (Å²) in [4.78, 5) is 20.4. The molecule has 10 nitrogen and oxygen atoms in total. The molecule has 0 fully saturated rings. The van der Waals surface area contributed by atoms with E-state index in [1.807, 2.05) is 20.8 Å². The van der Waals surface area contributed by atoms with Crippen LogP contribution in [0.15, 0.2) is 45.9 Å². The van der Waals surface area contributed by atoms with Crippen LogP contribution in [0.5, 0.6) is 5.88 Å². The van der Waals surface area contributed by atoms with Gasteiger partial charge in [0, 0.05) is 11.7 Å². The number of pyridine rings is 1. The summed E-state index contributed by atoms with van der Waals surface area (Å²) in [6.45, 7) is 5.57. The fourth-order valence-corrected chi connectivity index (χ4v) is 4.45. The third kappa shape index (κ3) is 4.26. The predicted octanol–water partition coefficient (Wildman–Crippen LogP) is 2.39. The molecule has 0 bridgehead atoms. The topological polar surface area (TPSA) is 128 Å². The summed E-state index contributed by atoms with van der Waals surface area (Å²) in [5, 5.41) is 6.41. The minimum Gasteiger partial charge on any atom is -0.474 e. The molecule has 3 heterocycles. The number of rotatable bonds is 4. The van der Waals surface area contributed by atoms with Crippen LogP contribution in [0.1, 0.15) is 31.4 Å². The van der Waals surface area contributed by atoms with Gasteiger partial charge in [-0.2, -0.15) is 4.98 Å². The third-order valence-electron chi connectivity index (χ3n) is 4.40. The fraction of sp³-hybridized carbons (Fsp3) is 0.300. The van der Waals surface area contributed by atoms with Gasteiger partial charge in [-0.1, -0.05) is 5.16 Å². The Morgan fingerprint density at radius 3 is 2.62 bits per heavy atom. The summed E-state index contributed by atoms with van der Waals surface area (Å²) in [5.41, 5.74) is -0.0227. The zero-order valence-electron chi connectivity index (χ0n) is 17.5. The van der Waals surface area contributed by atoms with E-state index in [2.05, 4.69) is 20.4 Å². The number of nitrogens with zero attached hydrogens (tertiary/aromatic N) is 4. The molecule has 0 atom stereocenters. The minimum atomic E-state index is -4.00. The van der Waals surface area contributed by atoms with Crippen LogP contribution < -0.4 is 14.4 Å². The van der Waals surface area contributed by atoms with Crippen molar-refractivity contribution in [1.29, 1.82) is 0 Å². The number of sulfonamides is 1. The molecule has 1 N–H and O–H groups in total. The Kier molecular flexibility index (Phi) is 5.33. The number of halogens is 1. The highest BCUT2D eigenvalue weighted by molar-refractivity contribution is 7.92. The minimum absolute atomic E-state index is 0.0101. The molecule has 0 saturated heterocycles. The van der Waals surface area contributed by atoms with Gasteiger partial charge in [0.2, 0.25) is 5.88 Å². The van der Waals surface area contributed by atoms with Gasteiger partial charge in [0.05, 0.1) is 17.0 Å². The van der Waals surface area contributed by atoms with Crippen LogP contribution in [0.3, 0.4) is 0 Å². The van der Waals surface area contributed by atoms with Crippen molar-refractivity contribution in [2.45, 2.75) is 31.2 Å². The zero-order chi connectivity index (χ0) is 23.1. The number of aromatic nitrogens is 3. The van der Waals surface area contributed by atoms with Crippen molar-refractivity contribution in [2.24, 2.45) is 0 Å². The maximum Gasteiger partial charge on any atom is 0.293 e. The maximum atomic E-state index is 13.3. The standard InChI is InChI=1S/C20H20FN5O5S/c1-20(2,3)24-17(27)16-23-18(31-25-16)12-10-15-19(22-11-12)30-9-8-26(15)32(28,29)14-6-4-13(21)5-7-14/h4-7,10-11H,8-9H2,1-3H3,(H,24,27). The van der Waals surface area contributed by atoms with E-state index >= 15 is 0 Å². The highest BCUT2D eigenvalue weighted by Crippen LogP contribution is 2.36. The van der Waals surface area contributed by atoms with E-state index in [0.29, 0.717) is 5.56 Å². The molecular formula is C20H20FN5O5S. The number of ether oxygens (including phenoxy) is 1. The lowest BCUT2D eigenvalue weighted by atomic mass is 10.1. The molecule has 168 valence electrons. The molecule has 0 spiro atoms. The molecule has 1 amide bonds. The quantitative estimate of drug-likeness (QED) is 0.627. The van der Waals surface area contributed by atoms with Gasteiger partial charge < -0.3 is 14.6 Å². The smallest absolute Gasteiger partial charge is 0.293 e. The van der Waals surface area contributed by atoms with Crippen LogP contribution in [0.25, 0.3) is 11.5 Å². The molecular weight excluding hydrogens is 441 g/mol. The van der Waals surface area contributed by atoms with Gasteiger partial charge in [0.1, 0.15) is 18.1 Å². The second-order valence-corrected chi connectivity index (χ2v) is 9.92. The van der Waals surface area contributed by atoms with E-state index in [1.54, 1.807) is 0 Å². The first-order valence-electron chi connectivity index (χ1n) is 9.62. The summed E-state index contributed by atoms with van der Waals surface area (Å²) in [6.07, 6.45) is 1.38. The molecule has 0 aliphatic carbocycles. The van der Waals surface area contributed by atoms with Gasteiger partial charge in [-0.25, -0.2) is 17.8 Å². The van der Waals surface area contributed by atoms with Crippen molar-refractivity contribution in [3.63, 3.8) is 0 Å². The molecule has 3 aromatic rings. The van der Waals surface area contributed by atoms with Crippen LogP contribution in [0.4, 0.5) is 10.1 Å². The first-order valence-corrected chi connectivity index (χ1v) is 11.1. The van der Waals surface area contributed by atoms with E-state index < -0.39 is 27.3 Å². The van der Waals surface area contributed by atoms with Crippen LogP contribution in [0, 0.1) is 5.82 Å². The third-order valence-corrected chi connectivity index (χ3v) is 6.23. The number of hydrogen-bond acceptors (Lipinski definition) is 8. The Bertz CT molecular complexity index is 1270. The van der Waals surface area contributed by atoms with E-state index in [1.165, 1.54) is 24.4 Å². The number of amides is 1. The van der Waals surface area contributed by atoms with Crippen molar-refractivity contribution in [3.8, 4) is 17.3 Å². The molecule has 1 aliphatic rings. The van der Waals surface area contributed by atoms with Crippen molar-refractivity contribution in [3.05, 3.63) is 48.2 Å². The molecule has 1 aromatic carbocycles. The van der Waals surface area contributed by atoms with Crippen molar-refractivity contribution in [2.75, 3.05) is 17.5 Å². The van der Waals surface area contributed by atoms with Gasteiger partial charge >= 0.3 is 0 Å². The van der Waals surface area contributed by atoms with E-state index in [4.69, 9.17) is 9.26 Å². The largest absolute Gasteiger partial charge is 0.474 e. The second kappa shape index (κ2) is 7.86. The first-order chi connectivity index (χ1) is 15.0. The molecule has 0 radical (unpaired) electrons. The Labute approximate surface area is 183 Å². The van der Waals surface area contributed by atoms with Gasteiger partial charge in [0.25, 0.3) is 27.6 Å². The second-order valence-electron chi connectivity index (χ2n) is 8.06. The average Bonchev–Trinajstić information content (AvgIpc) is 3.22. The van der Waals surface area contributed by atoms with Crippen LogP contribution in [0.2, 0.25) is 0 Å². The zero-order valence-corrected chi connectivity index (χ0v) is 18.3. The molecule has 12 heteroatoms. The van der Waals surface area contributed by atoms with Gasteiger partial charge in [-0.15, -0.1) is 0 Å². The molecule has 4 rings (SSSR count). The van der Waals surface area contributed by atoms with E-state index in [0.717, 1.165) is 16.4 Å². The maximum absolute atomic E-state index is 13.3. The first kappa shape index (κ1) is 21.7. The number of anilines is 1. The molecule has 1 aliphatic heterocycles. The van der Waals surface area contributed by atoms with Crippen molar-refractivity contribution >= 4 is 21.6 Å². The van der Waals surface area contributed by atoms with Crippen LogP contribution in [-0.2, 0) is 10.0 Å². The lowest BCUT2D eigenvalue weighted by Gasteiger charge is -2.29. The average molecular weight is 461 g/mol. The SMILES string of the molecule is CC(C)(C)NC(=O)c1noc(-c2cnc3c(c2)N(S(=O)(=O)c2ccc(F)cc2)CCO3)n1. The van der Waals surface area contributed by atoms with Crippen molar-refractivity contribution in [1.82, 2.24) is 20.4 Å². The molecule has 2 aromatic heterocycles. The number of carbonyl (C=O) groups is 1. The Morgan fingerprint density at radius 2 is 1.94 bits per heavy atom. The summed E-state index contributed by atoms with van der Waals surface area (Å²) in [5.74, 6) is -1.13. The number of benzene rings is 1. The van der Waals surface area contributed by atoms with Crippen molar-refractivity contribution < 1.29 is 26.9 Å². The van der Waals surface area contributed by atoms with Gasteiger partial charge in [-0.05, 0) is 51.1 Å². The van der Waals surface area contributed by atoms with E-state index in [-0.39, 0.29) is 41.3 Å². The summed E-state index contributed by atoms with van der Waals surface area (Å²) < 4.78 is 51.4. The summed E-state index contributed by atoms with van der Waals surface area (Å²) in [6, 6.07) is 6.00. The Morgan fingerprint density at radius 1 is 1.22 bits per heavy atom. The number of carbonyl (C=O) groups excluding carboxylic acids is 1. The fourth-order valence-electron chi connectivity index (χ4n) is 3.01. The highest BCUT2D eigenvalue weighted by Gasteiger charge is 2.32. The lowest BCUT2D eigenvalue weighted by molar-refractivity contribution is 0.0906. The number of hydrogen-bond donors (Lipinski definition) is 1.